The topological polar surface area (TPSA) is 66.1 Å². The Kier molecular flexibility index (Phi) is 6.40. The standard InChI is InChI=1S/C24H29N5O2/c1-18-7-9-19(10-8-18)22-16-26-23(31-22)17-27-24(25-2)29-13-11-28(12-14-29)20-5-4-6-21(15-20)30-3/h4-10,15-16H,11-14,17H2,1-3H3,(H,25,27). The van der Waals surface area contributed by atoms with Crippen LogP contribution >= 0.6 is 0 Å². The van der Waals surface area contributed by atoms with Gasteiger partial charge in [0.25, 0.3) is 0 Å². The summed E-state index contributed by atoms with van der Waals surface area (Å²) in [6.45, 7) is 6.18. The molecule has 0 radical (unpaired) electrons. The van der Waals surface area contributed by atoms with Crippen molar-refractivity contribution >= 4 is 11.6 Å². The molecule has 0 atom stereocenters. The monoisotopic (exact) mass is 419 g/mol. The fourth-order valence-electron chi connectivity index (χ4n) is 3.71. The van der Waals surface area contributed by atoms with Crippen LogP contribution in [0.5, 0.6) is 5.75 Å². The van der Waals surface area contributed by atoms with Crippen LogP contribution in [0.2, 0.25) is 0 Å². The first-order valence-corrected chi connectivity index (χ1v) is 10.5. The van der Waals surface area contributed by atoms with Gasteiger partial charge >= 0.3 is 0 Å². The minimum Gasteiger partial charge on any atom is -0.497 e. The number of piperazine rings is 1. The van der Waals surface area contributed by atoms with Crippen LogP contribution in [0.15, 0.2) is 64.1 Å². The second kappa shape index (κ2) is 9.55. The maximum atomic E-state index is 5.92. The minimum absolute atomic E-state index is 0.495. The number of benzene rings is 2. The summed E-state index contributed by atoms with van der Waals surface area (Å²) in [7, 11) is 3.51. The largest absolute Gasteiger partial charge is 0.497 e. The summed E-state index contributed by atoms with van der Waals surface area (Å²) in [5, 5.41) is 3.38. The Morgan fingerprint density at radius 3 is 2.61 bits per heavy atom. The van der Waals surface area contributed by atoms with Crippen molar-refractivity contribution in [2.75, 3.05) is 45.2 Å². The molecule has 0 amide bonds. The van der Waals surface area contributed by atoms with Crippen LogP contribution in [0.4, 0.5) is 5.69 Å². The third kappa shape index (κ3) is 4.99. The first-order chi connectivity index (χ1) is 15.2. The summed E-state index contributed by atoms with van der Waals surface area (Å²) in [5.41, 5.74) is 3.44. The zero-order valence-electron chi connectivity index (χ0n) is 18.3. The van der Waals surface area contributed by atoms with Gasteiger partial charge in [0.2, 0.25) is 5.89 Å². The Morgan fingerprint density at radius 1 is 1.13 bits per heavy atom. The molecule has 0 spiro atoms. The van der Waals surface area contributed by atoms with Crippen molar-refractivity contribution in [1.82, 2.24) is 15.2 Å². The molecule has 1 aromatic heterocycles. The van der Waals surface area contributed by atoms with E-state index in [0.717, 1.165) is 49.2 Å². The molecule has 0 saturated carbocycles. The Labute approximate surface area is 183 Å². The van der Waals surface area contributed by atoms with E-state index in [4.69, 9.17) is 9.15 Å². The van der Waals surface area contributed by atoms with Crippen LogP contribution in [0.3, 0.4) is 0 Å². The molecular formula is C24H29N5O2. The van der Waals surface area contributed by atoms with E-state index in [1.807, 2.05) is 31.3 Å². The molecule has 1 N–H and O–H groups in total. The molecule has 162 valence electrons. The van der Waals surface area contributed by atoms with E-state index in [9.17, 15) is 0 Å². The highest BCUT2D eigenvalue weighted by atomic mass is 16.5. The normalized spacial score (nSPS) is 14.6. The van der Waals surface area contributed by atoms with E-state index < -0.39 is 0 Å². The van der Waals surface area contributed by atoms with Crippen molar-refractivity contribution in [3.63, 3.8) is 0 Å². The minimum atomic E-state index is 0.495. The SMILES string of the molecule is CN=C(NCc1ncc(-c2ccc(C)cc2)o1)N1CCN(c2cccc(OC)c2)CC1. The molecule has 1 aliphatic rings. The van der Waals surface area contributed by atoms with Crippen LogP contribution in [0, 0.1) is 6.92 Å². The third-order valence-electron chi connectivity index (χ3n) is 5.50. The summed E-state index contributed by atoms with van der Waals surface area (Å²) in [5.74, 6) is 3.17. The van der Waals surface area contributed by atoms with Crippen molar-refractivity contribution in [2.24, 2.45) is 4.99 Å². The number of aliphatic imine (C=N–C) groups is 1. The summed E-state index contributed by atoms with van der Waals surface area (Å²) in [4.78, 5) is 13.5. The quantitative estimate of drug-likeness (QED) is 0.504. The van der Waals surface area contributed by atoms with Gasteiger partial charge in [-0.15, -0.1) is 0 Å². The lowest BCUT2D eigenvalue weighted by molar-refractivity contribution is 0.368. The Bertz CT molecular complexity index is 1020. The first kappa shape index (κ1) is 20.8. The molecule has 1 fully saturated rings. The van der Waals surface area contributed by atoms with Crippen LogP contribution in [0.1, 0.15) is 11.5 Å². The predicted octanol–water partition coefficient (Wildman–Crippen LogP) is 3.56. The van der Waals surface area contributed by atoms with E-state index in [0.29, 0.717) is 12.4 Å². The average molecular weight is 420 g/mol. The zero-order chi connectivity index (χ0) is 21.6. The Morgan fingerprint density at radius 2 is 1.90 bits per heavy atom. The summed E-state index contributed by atoms with van der Waals surface area (Å²) < 4.78 is 11.3. The van der Waals surface area contributed by atoms with Crippen LogP contribution < -0.4 is 15.0 Å². The van der Waals surface area contributed by atoms with E-state index >= 15 is 0 Å². The molecule has 31 heavy (non-hydrogen) atoms. The number of aromatic nitrogens is 1. The summed E-state index contributed by atoms with van der Waals surface area (Å²) in [6.07, 6.45) is 1.78. The highest BCUT2D eigenvalue weighted by molar-refractivity contribution is 5.80. The second-order valence-corrected chi connectivity index (χ2v) is 7.56. The maximum absolute atomic E-state index is 5.92. The number of hydrogen-bond acceptors (Lipinski definition) is 5. The van der Waals surface area contributed by atoms with Crippen LogP contribution in [0.25, 0.3) is 11.3 Å². The van der Waals surface area contributed by atoms with Crippen molar-refractivity contribution in [3.05, 3.63) is 66.2 Å². The number of oxazole rings is 1. The van der Waals surface area contributed by atoms with Crippen molar-refractivity contribution in [1.29, 1.82) is 0 Å². The lowest BCUT2D eigenvalue weighted by atomic mass is 10.1. The molecule has 0 aliphatic carbocycles. The van der Waals surface area contributed by atoms with E-state index in [1.54, 1.807) is 13.3 Å². The lowest BCUT2D eigenvalue weighted by Gasteiger charge is -2.37. The fourth-order valence-corrected chi connectivity index (χ4v) is 3.71. The van der Waals surface area contributed by atoms with Gasteiger partial charge in [-0.1, -0.05) is 35.9 Å². The predicted molar refractivity (Wildman–Crippen MR) is 124 cm³/mol. The highest BCUT2D eigenvalue weighted by Gasteiger charge is 2.20. The number of hydrogen-bond donors (Lipinski definition) is 1. The van der Waals surface area contributed by atoms with Gasteiger partial charge in [0, 0.05) is 50.5 Å². The average Bonchev–Trinajstić information content (AvgIpc) is 3.29. The second-order valence-electron chi connectivity index (χ2n) is 7.56. The first-order valence-electron chi connectivity index (χ1n) is 10.5. The molecule has 4 rings (SSSR count). The molecule has 2 heterocycles. The summed E-state index contributed by atoms with van der Waals surface area (Å²) >= 11 is 0. The number of ether oxygens (including phenoxy) is 1. The lowest BCUT2D eigenvalue weighted by Crippen LogP contribution is -2.52. The molecule has 7 nitrogen and oxygen atoms in total. The van der Waals surface area contributed by atoms with Gasteiger partial charge in [0.15, 0.2) is 11.7 Å². The van der Waals surface area contributed by atoms with Crippen molar-refractivity contribution < 1.29 is 9.15 Å². The Hall–Kier alpha value is -3.48. The molecule has 0 bridgehead atoms. The van der Waals surface area contributed by atoms with Gasteiger partial charge in [-0.2, -0.15) is 0 Å². The smallest absolute Gasteiger partial charge is 0.214 e. The molecule has 2 aromatic carbocycles. The van der Waals surface area contributed by atoms with Crippen LogP contribution in [-0.4, -0.2) is 56.2 Å². The van der Waals surface area contributed by atoms with E-state index in [1.165, 1.54) is 11.3 Å². The van der Waals surface area contributed by atoms with Gasteiger partial charge in [-0.25, -0.2) is 4.98 Å². The number of methoxy groups -OCH3 is 1. The van der Waals surface area contributed by atoms with Gasteiger partial charge < -0.3 is 24.3 Å². The molecule has 1 saturated heterocycles. The molecule has 1 aliphatic heterocycles. The van der Waals surface area contributed by atoms with Gasteiger partial charge in [-0.05, 0) is 19.1 Å². The number of nitrogens with one attached hydrogen (secondary N) is 1. The maximum Gasteiger partial charge on any atom is 0.214 e. The van der Waals surface area contributed by atoms with E-state index in [2.05, 4.69) is 56.3 Å². The number of nitrogens with zero attached hydrogens (tertiary/aromatic N) is 4. The Balaban J connectivity index is 1.32. The van der Waals surface area contributed by atoms with Crippen molar-refractivity contribution in [3.8, 4) is 17.1 Å². The fraction of sp³-hybridized carbons (Fsp3) is 0.333. The highest BCUT2D eigenvalue weighted by Crippen LogP contribution is 2.23. The molecular weight excluding hydrogens is 390 g/mol. The number of anilines is 1. The molecule has 7 heteroatoms. The molecule has 0 unspecified atom stereocenters. The van der Waals surface area contributed by atoms with Crippen LogP contribution in [-0.2, 0) is 6.54 Å². The number of aryl methyl sites for hydroxylation is 1. The zero-order valence-corrected chi connectivity index (χ0v) is 18.3. The number of guanidine groups is 1. The summed E-state index contributed by atoms with van der Waals surface area (Å²) in [6, 6.07) is 16.4. The molecule has 3 aromatic rings. The van der Waals surface area contributed by atoms with Gasteiger partial charge in [-0.3, -0.25) is 4.99 Å². The van der Waals surface area contributed by atoms with Gasteiger partial charge in [0.1, 0.15) is 5.75 Å². The van der Waals surface area contributed by atoms with Gasteiger partial charge in [0.05, 0.1) is 19.9 Å². The number of rotatable bonds is 5. The third-order valence-corrected chi connectivity index (χ3v) is 5.50. The van der Waals surface area contributed by atoms with Crippen molar-refractivity contribution in [2.45, 2.75) is 13.5 Å². The van der Waals surface area contributed by atoms with E-state index in [-0.39, 0.29) is 0 Å².